The van der Waals surface area contributed by atoms with E-state index in [4.69, 9.17) is 19.2 Å². The number of halogens is 3. The maximum absolute atomic E-state index is 12.1. The van der Waals surface area contributed by atoms with Crippen molar-refractivity contribution in [2.24, 2.45) is 0 Å². The van der Waals surface area contributed by atoms with Crippen molar-refractivity contribution in [3.8, 4) is 0 Å². The van der Waals surface area contributed by atoms with Crippen molar-refractivity contribution < 1.29 is 37.1 Å². The number of hydrogen-bond donors (Lipinski definition) is 1. The van der Waals surface area contributed by atoms with Crippen LogP contribution in [-0.4, -0.2) is 76.0 Å². The molecule has 0 bridgehead atoms. The van der Waals surface area contributed by atoms with Crippen LogP contribution in [0.25, 0.3) is 0 Å². The van der Waals surface area contributed by atoms with Crippen LogP contribution in [0, 0.1) is 13.8 Å². The Morgan fingerprint density at radius 1 is 1.35 bits per heavy atom. The summed E-state index contributed by atoms with van der Waals surface area (Å²) in [7, 11) is 0. The van der Waals surface area contributed by atoms with E-state index in [-0.39, 0.29) is 24.2 Å². The molecule has 1 unspecified atom stereocenters. The van der Waals surface area contributed by atoms with Gasteiger partial charge in [-0.2, -0.15) is 13.2 Å². The number of carboxylic acids is 1. The first kappa shape index (κ1) is 24.9. The van der Waals surface area contributed by atoms with Crippen LogP contribution in [0.5, 0.6) is 0 Å². The van der Waals surface area contributed by atoms with Crippen molar-refractivity contribution in [2.75, 3.05) is 26.2 Å². The topological polar surface area (TPSA) is 96.1 Å². The zero-order valence-electron chi connectivity index (χ0n) is 17.9. The molecule has 1 N–H and O–H groups in total. The predicted octanol–water partition coefficient (Wildman–Crippen LogP) is 2.69. The number of aliphatic carboxylic acids is 1. The molecule has 0 aromatic carbocycles. The molecule has 11 heteroatoms. The number of alkyl halides is 3. The van der Waals surface area contributed by atoms with Gasteiger partial charge in [-0.05, 0) is 33.6 Å². The van der Waals surface area contributed by atoms with Crippen LogP contribution in [0.3, 0.4) is 0 Å². The molecule has 0 aliphatic carbocycles. The molecule has 0 saturated carbocycles. The second-order valence-corrected chi connectivity index (χ2v) is 7.75. The first-order valence-electron chi connectivity index (χ1n) is 9.90. The minimum atomic E-state index is -5.08. The molecule has 1 aromatic rings. The second kappa shape index (κ2) is 9.82. The predicted molar refractivity (Wildman–Crippen MR) is 104 cm³/mol. The van der Waals surface area contributed by atoms with Crippen molar-refractivity contribution in [2.45, 2.75) is 58.0 Å². The fraction of sp³-hybridized carbons (Fsp3) is 0.650. The molecule has 3 heterocycles. The minimum Gasteiger partial charge on any atom is -0.475 e. The Bertz CT molecular complexity index is 781. The third kappa shape index (κ3) is 5.85. The number of aromatic nitrogens is 1. The van der Waals surface area contributed by atoms with Crippen LogP contribution >= 0.6 is 0 Å². The lowest BCUT2D eigenvalue weighted by Gasteiger charge is -2.51. The summed E-state index contributed by atoms with van der Waals surface area (Å²) in [5.41, 5.74) is 1.93. The number of morpholine rings is 1. The summed E-state index contributed by atoms with van der Waals surface area (Å²) >= 11 is 0. The number of rotatable bonds is 4. The zero-order valence-corrected chi connectivity index (χ0v) is 17.9. The van der Waals surface area contributed by atoms with E-state index in [9.17, 15) is 18.0 Å². The molecule has 2 aliphatic rings. The first-order chi connectivity index (χ1) is 14.4. The number of ether oxygens (including phenoxy) is 1. The Kier molecular flexibility index (Phi) is 7.87. The van der Waals surface area contributed by atoms with Gasteiger partial charge in [-0.25, -0.2) is 4.79 Å². The SMILES string of the molecule is C=CCN1C(=O)COC2(CCN(Cc3c(C)noc3C)CC2)C1C.O=C(O)C(F)(F)F. The van der Waals surface area contributed by atoms with Gasteiger partial charge >= 0.3 is 12.1 Å². The highest BCUT2D eigenvalue weighted by molar-refractivity contribution is 5.79. The number of hydrogen-bond acceptors (Lipinski definition) is 6. The number of likely N-dealkylation sites (tertiary alicyclic amines) is 1. The van der Waals surface area contributed by atoms with E-state index in [1.807, 2.05) is 18.7 Å². The Morgan fingerprint density at radius 3 is 2.39 bits per heavy atom. The Balaban J connectivity index is 0.000000423. The van der Waals surface area contributed by atoms with Crippen LogP contribution < -0.4 is 0 Å². The largest absolute Gasteiger partial charge is 0.490 e. The molecule has 8 nitrogen and oxygen atoms in total. The van der Waals surface area contributed by atoms with E-state index in [0.717, 1.165) is 43.9 Å². The normalized spacial score (nSPS) is 21.5. The lowest BCUT2D eigenvalue weighted by molar-refractivity contribution is -0.192. The smallest absolute Gasteiger partial charge is 0.475 e. The lowest BCUT2D eigenvalue weighted by Crippen LogP contribution is -2.63. The van der Waals surface area contributed by atoms with E-state index in [1.54, 1.807) is 6.08 Å². The fourth-order valence-corrected chi connectivity index (χ4v) is 3.91. The molecule has 174 valence electrons. The summed E-state index contributed by atoms with van der Waals surface area (Å²) in [5, 5.41) is 11.2. The van der Waals surface area contributed by atoms with Crippen LogP contribution in [0.2, 0.25) is 0 Å². The van der Waals surface area contributed by atoms with Gasteiger partial charge in [-0.3, -0.25) is 9.69 Å². The van der Waals surface area contributed by atoms with Gasteiger partial charge < -0.3 is 19.3 Å². The highest BCUT2D eigenvalue weighted by Crippen LogP contribution is 2.36. The van der Waals surface area contributed by atoms with Crippen LogP contribution in [-0.2, 0) is 20.9 Å². The number of aryl methyl sites for hydroxylation is 2. The van der Waals surface area contributed by atoms with E-state index in [1.165, 1.54) is 5.56 Å². The van der Waals surface area contributed by atoms with Crippen molar-refractivity contribution in [3.05, 3.63) is 29.7 Å². The summed E-state index contributed by atoms with van der Waals surface area (Å²) < 4.78 is 43.1. The van der Waals surface area contributed by atoms with Gasteiger partial charge in [0.1, 0.15) is 12.4 Å². The Morgan fingerprint density at radius 2 is 1.94 bits per heavy atom. The Hall–Kier alpha value is -2.40. The molecule has 2 fully saturated rings. The molecule has 1 spiro atoms. The quantitative estimate of drug-likeness (QED) is 0.709. The summed E-state index contributed by atoms with van der Waals surface area (Å²) in [4.78, 5) is 25.3. The van der Waals surface area contributed by atoms with Gasteiger partial charge in [0.2, 0.25) is 5.91 Å². The van der Waals surface area contributed by atoms with Gasteiger partial charge in [-0.1, -0.05) is 11.2 Å². The molecule has 2 aliphatic heterocycles. The second-order valence-electron chi connectivity index (χ2n) is 7.75. The minimum absolute atomic E-state index is 0.0613. The number of nitrogens with zero attached hydrogens (tertiary/aromatic N) is 3. The number of amides is 1. The average molecular weight is 447 g/mol. The number of piperidine rings is 1. The Labute approximate surface area is 178 Å². The maximum atomic E-state index is 12.1. The monoisotopic (exact) mass is 447 g/mol. The summed E-state index contributed by atoms with van der Waals surface area (Å²) in [5.74, 6) is -1.79. The van der Waals surface area contributed by atoms with E-state index in [2.05, 4.69) is 23.6 Å². The molecule has 2 saturated heterocycles. The summed E-state index contributed by atoms with van der Waals surface area (Å²) in [6.45, 7) is 13.4. The van der Waals surface area contributed by atoms with Gasteiger partial charge in [-0.15, -0.1) is 6.58 Å². The first-order valence-corrected chi connectivity index (χ1v) is 9.90. The van der Waals surface area contributed by atoms with Gasteiger partial charge in [0.25, 0.3) is 0 Å². The molecule has 1 atom stereocenters. The maximum Gasteiger partial charge on any atom is 0.490 e. The van der Waals surface area contributed by atoms with E-state index >= 15 is 0 Å². The lowest BCUT2D eigenvalue weighted by atomic mass is 9.82. The standard InChI is InChI=1S/C18H27N3O3.C2HF3O2/c1-5-8-21-15(4)18(23-12-17(21)22)6-9-20(10-7-18)11-16-13(2)19-24-14(16)3;3-2(4,5)1(6)7/h5,15H,1,6-12H2,2-4H3;(H,6,7). The molecule has 1 amide bonds. The van der Waals surface area contributed by atoms with Crippen molar-refractivity contribution >= 4 is 11.9 Å². The van der Waals surface area contributed by atoms with Gasteiger partial charge in [0.05, 0.1) is 17.3 Å². The number of carboxylic acid groups (broad SMARTS) is 1. The third-order valence-electron chi connectivity index (χ3n) is 5.87. The average Bonchev–Trinajstić information content (AvgIpc) is 3.02. The van der Waals surface area contributed by atoms with Crippen molar-refractivity contribution in [1.82, 2.24) is 15.0 Å². The number of carbonyl (C=O) groups excluding carboxylic acids is 1. The highest BCUT2D eigenvalue weighted by Gasteiger charge is 2.47. The van der Waals surface area contributed by atoms with E-state index < -0.39 is 12.1 Å². The molecular formula is C20H28F3N3O5. The van der Waals surface area contributed by atoms with Crippen LogP contribution in [0.4, 0.5) is 13.2 Å². The molecule has 1 aromatic heterocycles. The van der Waals surface area contributed by atoms with Crippen molar-refractivity contribution in [3.63, 3.8) is 0 Å². The van der Waals surface area contributed by atoms with Crippen LogP contribution in [0.1, 0.15) is 36.8 Å². The third-order valence-corrected chi connectivity index (χ3v) is 5.87. The number of carbonyl (C=O) groups is 2. The fourth-order valence-electron chi connectivity index (χ4n) is 3.91. The molecule has 3 rings (SSSR count). The molecular weight excluding hydrogens is 419 g/mol. The summed E-state index contributed by atoms with van der Waals surface area (Å²) in [6.07, 6.45) is -1.43. The van der Waals surface area contributed by atoms with Crippen LogP contribution in [0.15, 0.2) is 17.2 Å². The zero-order chi connectivity index (χ0) is 23.4. The molecule has 31 heavy (non-hydrogen) atoms. The van der Waals surface area contributed by atoms with Gasteiger partial charge in [0.15, 0.2) is 0 Å². The summed E-state index contributed by atoms with van der Waals surface area (Å²) in [6, 6.07) is 0.0814. The van der Waals surface area contributed by atoms with Gasteiger partial charge in [0, 0.05) is 31.7 Å². The van der Waals surface area contributed by atoms with E-state index in [0.29, 0.717) is 6.54 Å². The van der Waals surface area contributed by atoms with Crippen molar-refractivity contribution in [1.29, 1.82) is 0 Å². The molecule has 0 radical (unpaired) electrons. The highest BCUT2D eigenvalue weighted by atomic mass is 19.4.